The van der Waals surface area contributed by atoms with E-state index in [0.29, 0.717) is 16.6 Å². The first-order valence-corrected chi connectivity index (χ1v) is 8.92. The van der Waals surface area contributed by atoms with Crippen molar-refractivity contribution in [2.45, 2.75) is 17.9 Å². The third-order valence-corrected chi connectivity index (χ3v) is 4.26. The Morgan fingerprint density at radius 2 is 1.87 bits per heavy atom. The molecule has 6 nitrogen and oxygen atoms in total. The Kier molecular flexibility index (Phi) is 5.23. The van der Waals surface area contributed by atoms with Crippen molar-refractivity contribution in [2.24, 2.45) is 0 Å². The van der Waals surface area contributed by atoms with E-state index in [2.05, 4.69) is 10.3 Å². The molecule has 0 aliphatic rings. The van der Waals surface area contributed by atoms with Gasteiger partial charge in [-0.3, -0.25) is 4.79 Å². The van der Waals surface area contributed by atoms with Crippen LogP contribution in [-0.2, 0) is 14.6 Å². The lowest BCUT2D eigenvalue weighted by atomic mass is 10.3. The van der Waals surface area contributed by atoms with E-state index >= 15 is 0 Å². The Morgan fingerprint density at radius 1 is 1.22 bits per heavy atom. The van der Waals surface area contributed by atoms with Crippen molar-refractivity contribution in [2.75, 3.05) is 11.6 Å². The second-order valence-electron chi connectivity index (χ2n) is 4.85. The SMILES string of the molecule is CC(Oc1ccc(S(C)(=O)=O)cc1)C(=O)Nc1ccc(Cl)cn1. The molecule has 2 aromatic rings. The summed E-state index contributed by atoms with van der Waals surface area (Å²) < 4.78 is 28.2. The molecule has 1 atom stereocenters. The number of rotatable bonds is 5. The van der Waals surface area contributed by atoms with Crippen LogP contribution in [0.5, 0.6) is 5.75 Å². The molecule has 1 amide bonds. The zero-order valence-electron chi connectivity index (χ0n) is 12.5. The maximum absolute atomic E-state index is 12.0. The molecule has 0 aliphatic carbocycles. The average Bonchev–Trinajstić information content (AvgIpc) is 2.49. The molecule has 122 valence electrons. The number of nitrogens with one attached hydrogen (secondary N) is 1. The van der Waals surface area contributed by atoms with Gasteiger partial charge in [-0.25, -0.2) is 13.4 Å². The number of benzene rings is 1. The van der Waals surface area contributed by atoms with Crippen LogP contribution in [0.4, 0.5) is 5.82 Å². The predicted octanol–water partition coefficient (Wildman–Crippen LogP) is 2.54. The molecule has 0 radical (unpaired) electrons. The Bertz CT molecular complexity index is 789. The van der Waals surface area contributed by atoms with Crippen molar-refractivity contribution in [1.82, 2.24) is 4.98 Å². The molecule has 1 unspecified atom stereocenters. The topological polar surface area (TPSA) is 85.4 Å². The highest BCUT2D eigenvalue weighted by molar-refractivity contribution is 7.90. The highest BCUT2D eigenvalue weighted by atomic mass is 35.5. The van der Waals surface area contributed by atoms with E-state index in [9.17, 15) is 13.2 Å². The number of hydrogen-bond acceptors (Lipinski definition) is 5. The van der Waals surface area contributed by atoms with E-state index in [-0.39, 0.29) is 10.8 Å². The van der Waals surface area contributed by atoms with Crippen LogP contribution < -0.4 is 10.1 Å². The zero-order valence-corrected chi connectivity index (χ0v) is 14.1. The van der Waals surface area contributed by atoms with E-state index in [1.165, 1.54) is 30.5 Å². The highest BCUT2D eigenvalue weighted by Gasteiger charge is 2.16. The number of anilines is 1. The van der Waals surface area contributed by atoms with Crippen molar-refractivity contribution >= 4 is 33.2 Å². The Balaban J connectivity index is 1.99. The van der Waals surface area contributed by atoms with Gasteiger partial charge in [0.05, 0.1) is 9.92 Å². The van der Waals surface area contributed by atoms with Gasteiger partial charge < -0.3 is 10.1 Å². The Labute approximate surface area is 139 Å². The third kappa shape index (κ3) is 4.94. The normalized spacial score (nSPS) is 12.5. The first-order chi connectivity index (χ1) is 10.8. The average molecular weight is 355 g/mol. The van der Waals surface area contributed by atoms with Crippen molar-refractivity contribution < 1.29 is 17.9 Å². The molecule has 8 heteroatoms. The summed E-state index contributed by atoms with van der Waals surface area (Å²) >= 11 is 5.72. The Morgan fingerprint density at radius 3 is 2.39 bits per heavy atom. The smallest absolute Gasteiger partial charge is 0.266 e. The molecule has 0 bridgehead atoms. The van der Waals surface area contributed by atoms with Crippen molar-refractivity contribution in [3.05, 3.63) is 47.6 Å². The maximum atomic E-state index is 12.0. The number of nitrogens with zero attached hydrogens (tertiary/aromatic N) is 1. The number of hydrogen-bond donors (Lipinski definition) is 1. The molecule has 23 heavy (non-hydrogen) atoms. The van der Waals surface area contributed by atoms with E-state index in [1.807, 2.05) is 0 Å². The quantitative estimate of drug-likeness (QED) is 0.891. The van der Waals surface area contributed by atoms with Crippen LogP contribution in [0.1, 0.15) is 6.92 Å². The summed E-state index contributed by atoms with van der Waals surface area (Å²) in [6.07, 6.45) is 1.77. The number of carbonyl (C=O) groups excluding carboxylic acids is 1. The number of sulfone groups is 1. The zero-order chi connectivity index (χ0) is 17.0. The second-order valence-corrected chi connectivity index (χ2v) is 7.31. The summed E-state index contributed by atoms with van der Waals surface area (Å²) in [4.78, 5) is 16.2. The third-order valence-electron chi connectivity index (χ3n) is 2.91. The summed E-state index contributed by atoms with van der Waals surface area (Å²) in [6, 6.07) is 9.04. The molecule has 2 rings (SSSR count). The number of carbonyl (C=O) groups is 1. The molecule has 0 fully saturated rings. The fourth-order valence-corrected chi connectivity index (χ4v) is 2.44. The predicted molar refractivity (Wildman–Crippen MR) is 87.5 cm³/mol. The first kappa shape index (κ1) is 17.2. The van der Waals surface area contributed by atoms with Crippen LogP contribution in [0.15, 0.2) is 47.5 Å². The standard InChI is InChI=1S/C15H15ClN2O4S/c1-10(15(19)18-14-8-3-11(16)9-17-14)22-12-4-6-13(7-5-12)23(2,20)21/h3-10H,1-2H3,(H,17,18,19). The molecular formula is C15H15ClN2O4S. The minimum atomic E-state index is -3.26. The first-order valence-electron chi connectivity index (χ1n) is 6.65. The number of amides is 1. The van der Waals surface area contributed by atoms with Crippen LogP contribution in [-0.4, -0.2) is 31.7 Å². The highest BCUT2D eigenvalue weighted by Crippen LogP contribution is 2.17. The lowest BCUT2D eigenvalue weighted by Crippen LogP contribution is -2.30. The molecule has 0 saturated heterocycles. The van der Waals surface area contributed by atoms with Gasteiger partial charge in [-0.05, 0) is 43.3 Å². The van der Waals surface area contributed by atoms with Gasteiger partial charge in [0.2, 0.25) is 0 Å². The van der Waals surface area contributed by atoms with E-state index in [4.69, 9.17) is 16.3 Å². The van der Waals surface area contributed by atoms with Crippen LogP contribution in [0.25, 0.3) is 0 Å². The summed E-state index contributed by atoms with van der Waals surface area (Å²) in [5.41, 5.74) is 0. The molecule has 0 spiro atoms. The van der Waals surface area contributed by atoms with Crippen LogP contribution >= 0.6 is 11.6 Å². The second kappa shape index (κ2) is 6.97. The summed E-state index contributed by atoms with van der Waals surface area (Å²) in [5.74, 6) is 0.374. The minimum Gasteiger partial charge on any atom is -0.481 e. The maximum Gasteiger partial charge on any atom is 0.266 e. The van der Waals surface area contributed by atoms with E-state index < -0.39 is 15.9 Å². The van der Waals surface area contributed by atoms with E-state index in [0.717, 1.165) is 6.26 Å². The van der Waals surface area contributed by atoms with Gasteiger partial charge in [0, 0.05) is 12.5 Å². The fourth-order valence-electron chi connectivity index (χ4n) is 1.70. The number of aromatic nitrogens is 1. The van der Waals surface area contributed by atoms with Gasteiger partial charge in [-0.1, -0.05) is 11.6 Å². The molecular weight excluding hydrogens is 340 g/mol. The summed E-state index contributed by atoms with van der Waals surface area (Å²) in [5, 5.41) is 3.07. The van der Waals surface area contributed by atoms with Gasteiger partial charge in [-0.15, -0.1) is 0 Å². The molecule has 1 N–H and O–H groups in total. The van der Waals surface area contributed by atoms with Crippen molar-refractivity contribution in [3.8, 4) is 5.75 Å². The molecule has 0 aliphatic heterocycles. The van der Waals surface area contributed by atoms with Gasteiger partial charge >= 0.3 is 0 Å². The molecule has 1 aromatic heterocycles. The molecule has 1 aromatic carbocycles. The monoisotopic (exact) mass is 354 g/mol. The molecule has 1 heterocycles. The number of halogens is 1. The lowest BCUT2D eigenvalue weighted by Gasteiger charge is -2.14. The van der Waals surface area contributed by atoms with Crippen LogP contribution in [0, 0.1) is 0 Å². The van der Waals surface area contributed by atoms with Crippen molar-refractivity contribution in [3.63, 3.8) is 0 Å². The van der Waals surface area contributed by atoms with Gasteiger partial charge in [0.25, 0.3) is 5.91 Å². The van der Waals surface area contributed by atoms with Gasteiger partial charge in [0.15, 0.2) is 15.9 Å². The van der Waals surface area contributed by atoms with Crippen LogP contribution in [0.3, 0.4) is 0 Å². The minimum absolute atomic E-state index is 0.187. The van der Waals surface area contributed by atoms with Crippen molar-refractivity contribution in [1.29, 1.82) is 0 Å². The Hall–Kier alpha value is -2.12. The number of ether oxygens (including phenoxy) is 1. The number of pyridine rings is 1. The van der Waals surface area contributed by atoms with Crippen LogP contribution in [0.2, 0.25) is 5.02 Å². The largest absolute Gasteiger partial charge is 0.481 e. The van der Waals surface area contributed by atoms with E-state index in [1.54, 1.807) is 19.1 Å². The van der Waals surface area contributed by atoms with Gasteiger partial charge in [-0.2, -0.15) is 0 Å². The lowest BCUT2D eigenvalue weighted by molar-refractivity contribution is -0.122. The van der Waals surface area contributed by atoms with Gasteiger partial charge in [0.1, 0.15) is 11.6 Å². The molecule has 0 saturated carbocycles. The fraction of sp³-hybridized carbons (Fsp3) is 0.200. The summed E-state index contributed by atoms with van der Waals surface area (Å²) in [7, 11) is -3.26. The summed E-state index contributed by atoms with van der Waals surface area (Å²) in [6.45, 7) is 1.58.